The Morgan fingerprint density at radius 3 is 3.00 bits per heavy atom. The van der Waals surface area contributed by atoms with E-state index in [0.717, 1.165) is 25.0 Å². The van der Waals surface area contributed by atoms with Crippen molar-refractivity contribution in [1.82, 2.24) is 19.8 Å². The van der Waals surface area contributed by atoms with Crippen molar-refractivity contribution >= 4 is 11.8 Å². The zero-order chi connectivity index (χ0) is 21.5. The topological polar surface area (TPSA) is 85.7 Å². The predicted octanol–water partition coefficient (Wildman–Crippen LogP) is 1.79. The number of carbonyl (C=O) groups excluding carboxylic acids is 2. The first kappa shape index (κ1) is 21.4. The number of ether oxygens (including phenoxy) is 2. The summed E-state index contributed by atoms with van der Waals surface area (Å²) in [6.07, 6.45) is 8.86. The summed E-state index contributed by atoms with van der Waals surface area (Å²) >= 11 is 0. The van der Waals surface area contributed by atoms with E-state index in [-0.39, 0.29) is 11.8 Å². The lowest BCUT2D eigenvalue weighted by Crippen LogP contribution is -2.61. The molecule has 1 fully saturated rings. The van der Waals surface area contributed by atoms with E-state index < -0.39 is 5.60 Å². The van der Waals surface area contributed by atoms with Gasteiger partial charge >= 0.3 is 0 Å². The van der Waals surface area contributed by atoms with Crippen molar-refractivity contribution in [1.29, 1.82) is 0 Å². The minimum atomic E-state index is -0.998. The molecule has 3 heterocycles. The fraction of sp³-hybridized carbons (Fsp3) is 0.522. The fourth-order valence-electron chi connectivity index (χ4n) is 4.26. The number of rotatable bonds is 3. The first-order chi connectivity index (χ1) is 15.2. The number of aromatic nitrogens is 2. The number of imidazole rings is 1. The average molecular weight is 427 g/mol. The number of amides is 2. The third-order valence-corrected chi connectivity index (χ3v) is 5.99. The lowest BCUT2D eigenvalue weighted by atomic mass is 9.91. The van der Waals surface area contributed by atoms with E-state index in [2.05, 4.69) is 16.4 Å². The van der Waals surface area contributed by atoms with Gasteiger partial charge in [0, 0.05) is 31.9 Å². The number of morpholine rings is 1. The summed E-state index contributed by atoms with van der Waals surface area (Å²) in [5.74, 6) is 0.764. The summed E-state index contributed by atoms with van der Waals surface area (Å²) in [4.78, 5) is 31.7. The van der Waals surface area contributed by atoms with Crippen LogP contribution in [0.25, 0.3) is 0 Å². The van der Waals surface area contributed by atoms with Crippen molar-refractivity contribution < 1.29 is 19.1 Å². The Morgan fingerprint density at radius 1 is 1.23 bits per heavy atom. The van der Waals surface area contributed by atoms with Crippen molar-refractivity contribution in [3.63, 3.8) is 0 Å². The molecule has 1 spiro atoms. The smallest absolute Gasteiger partial charge is 0.254 e. The van der Waals surface area contributed by atoms with E-state index >= 15 is 0 Å². The van der Waals surface area contributed by atoms with Crippen LogP contribution in [0.3, 0.4) is 0 Å². The summed E-state index contributed by atoms with van der Waals surface area (Å²) in [5.41, 5.74) is 0.186. The number of nitrogens with one attached hydrogen (secondary N) is 1. The molecule has 31 heavy (non-hydrogen) atoms. The first-order valence-corrected chi connectivity index (χ1v) is 11.0. The molecule has 2 aliphatic rings. The van der Waals surface area contributed by atoms with Gasteiger partial charge in [0.1, 0.15) is 12.4 Å². The molecule has 166 valence electrons. The quantitative estimate of drug-likeness (QED) is 0.809. The standard InChI is InChI=1S/C23H30N4O4/c28-21(8-12-26-13-10-24-18-26)27-14-16-31-23(17-27)9-4-3-6-19-5-1-2-7-20(19)30-15-11-25-22(23)29/h1-2,5,7,10,13,18H,3-4,6,8-9,11-12,14-17H2,(H,25,29). The van der Waals surface area contributed by atoms with Gasteiger partial charge in [0.15, 0.2) is 5.60 Å². The average Bonchev–Trinajstić information content (AvgIpc) is 3.32. The molecule has 0 aliphatic carbocycles. The van der Waals surface area contributed by atoms with Crippen LogP contribution in [-0.4, -0.2) is 64.7 Å². The van der Waals surface area contributed by atoms with Crippen LogP contribution in [-0.2, 0) is 27.3 Å². The van der Waals surface area contributed by atoms with Crippen LogP contribution in [0.2, 0.25) is 0 Å². The van der Waals surface area contributed by atoms with Gasteiger partial charge in [-0.05, 0) is 37.3 Å². The first-order valence-electron chi connectivity index (χ1n) is 11.0. The summed E-state index contributed by atoms with van der Waals surface area (Å²) in [6.45, 7) is 2.53. The summed E-state index contributed by atoms with van der Waals surface area (Å²) in [5, 5.41) is 2.97. The van der Waals surface area contributed by atoms with Crippen LogP contribution in [0, 0.1) is 0 Å². The van der Waals surface area contributed by atoms with Gasteiger partial charge in [0.2, 0.25) is 5.91 Å². The van der Waals surface area contributed by atoms with Crippen molar-refractivity contribution in [2.24, 2.45) is 0 Å². The number of nitrogens with zero attached hydrogens (tertiary/aromatic N) is 3. The van der Waals surface area contributed by atoms with Crippen LogP contribution in [0.5, 0.6) is 5.75 Å². The molecule has 1 saturated heterocycles. The highest BCUT2D eigenvalue weighted by Gasteiger charge is 2.44. The van der Waals surface area contributed by atoms with Gasteiger partial charge < -0.3 is 24.3 Å². The van der Waals surface area contributed by atoms with E-state index in [9.17, 15) is 9.59 Å². The second-order valence-electron chi connectivity index (χ2n) is 8.13. The van der Waals surface area contributed by atoms with Gasteiger partial charge in [-0.25, -0.2) is 4.98 Å². The summed E-state index contributed by atoms with van der Waals surface area (Å²) < 4.78 is 13.8. The molecule has 1 N–H and O–H groups in total. The number of para-hydroxylation sites is 1. The van der Waals surface area contributed by atoms with Gasteiger partial charge in [-0.3, -0.25) is 9.59 Å². The number of fused-ring (bicyclic) bond motifs is 1. The Hall–Kier alpha value is -2.87. The number of hydrogen-bond acceptors (Lipinski definition) is 5. The van der Waals surface area contributed by atoms with Crippen LogP contribution in [0.4, 0.5) is 0 Å². The Morgan fingerprint density at radius 2 is 2.13 bits per heavy atom. The van der Waals surface area contributed by atoms with Gasteiger partial charge in [0.05, 0.1) is 26.0 Å². The lowest BCUT2D eigenvalue weighted by molar-refractivity contribution is -0.168. The molecular weight excluding hydrogens is 396 g/mol. The molecule has 0 bridgehead atoms. The van der Waals surface area contributed by atoms with Gasteiger partial charge in [-0.1, -0.05) is 18.2 Å². The maximum atomic E-state index is 13.1. The number of carbonyl (C=O) groups is 2. The minimum Gasteiger partial charge on any atom is -0.491 e. The van der Waals surface area contributed by atoms with Crippen molar-refractivity contribution in [2.75, 3.05) is 32.8 Å². The molecule has 8 heteroatoms. The Balaban J connectivity index is 1.41. The van der Waals surface area contributed by atoms with Crippen molar-refractivity contribution in [3.05, 3.63) is 48.5 Å². The van der Waals surface area contributed by atoms with Crippen molar-refractivity contribution in [2.45, 2.75) is 44.2 Å². The zero-order valence-corrected chi connectivity index (χ0v) is 17.8. The molecule has 1 unspecified atom stereocenters. The monoisotopic (exact) mass is 426 g/mol. The van der Waals surface area contributed by atoms with Gasteiger partial charge in [-0.2, -0.15) is 0 Å². The highest BCUT2D eigenvalue weighted by atomic mass is 16.5. The normalized spacial score (nSPS) is 22.6. The molecule has 2 amide bonds. The Kier molecular flexibility index (Phi) is 6.86. The maximum Gasteiger partial charge on any atom is 0.254 e. The molecule has 8 nitrogen and oxygen atoms in total. The second-order valence-corrected chi connectivity index (χ2v) is 8.13. The predicted molar refractivity (Wildman–Crippen MR) is 115 cm³/mol. The number of aryl methyl sites for hydroxylation is 2. The Labute approximate surface area is 182 Å². The highest BCUT2D eigenvalue weighted by molar-refractivity contribution is 5.87. The van der Waals surface area contributed by atoms with Crippen LogP contribution < -0.4 is 10.1 Å². The van der Waals surface area contributed by atoms with E-state index in [1.54, 1.807) is 17.4 Å². The maximum absolute atomic E-state index is 13.1. The molecule has 0 saturated carbocycles. The van der Waals surface area contributed by atoms with E-state index in [0.29, 0.717) is 52.2 Å². The second kappa shape index (κ2) is 9.96. The van der Waals surface area contributed by atoms with Crippen LogP contribution in [0.15, 0.2) is 43.0 Å². The third-order valence-electron chi connectivity index (χ3n) is 5.99. The molecule has 2 aromatic rings. The van der Waals surface area contributed by atoms with E-state index in [1.807, 2.05) is 29.0 Å². The molecule has 1 aromatic heterocycles. The molecule has 1 atom stereocenters. The van der Waals surface area contributed by atoms with Gasteiger partial charge in [0.25, 0.3) is 5.91 Å². The van der Waals surface area contributed by atoms with Crippen LogP contribution >= 0.6 is 0 Å². The zero-order valence-electron chi connectivity index (χ0n) is 17.8. The molecule has 0 radical (unpaired) electrons. The molecule has 4 rings (SSSR count). The molecular formula is C23H30N4O4. The van der Waals surface area contributed by atoms with Crippen LogP contribution in [0.1, 0.15) is 31.2 Å². The Bertz CT molecular complexity index is 885. The summed E-state index contributed by atoms with van der Waals surface area (Å²) in [7, 11) is 0. The largest absolute Gasteiger partial charge is 0.491 e. The van der Waals surface area contributed by atoms with Gasteiger partial charge in [-0.15, -0.1) is 0 Å². The molecule has 2 aliphatic heterocycles. The number of hydrogen-bond donors (Lipinski definition) is 1. The molecule has 1 aromatic carbocycles. The lowest BCUT2D eigenvalue weighted by Gasteiger charge is -2.42. The van der Waals surface area contributed by atoms with E-state index in [1.165, 1.54) is 5.56 Å². The van der Waals surface area contributed by atoms with E-state index in [4.69, 9.17) is 9.47 Å². The fourth-order valence-corrected chi connectivity index (χ4v) is 4.26. The third kappa shape index (κ3) is 5.25. The highest BCUT2D eigenvalue weighted by Crippen LogP contribution is 2.28. The number of benzene rings is 1. The van der Waals surface area contributed by atoms with Crippen molar-refractivity contribution in [3.8, 4) is 5.75 Å². The summed E-state index contributed by atoms with van der Waals surface area (Å²) in [6, 6.07) is 8.05. The SMILES string of the molecule is O=C(CCn1ccnc1)N1CCOC2(CCCCc3ccccc3OCCNC2=O)C1. The minimum absolute atomic E-state index is 0.0348.